The fraction of sp³-hybridized carbons (Fsp3) is 0.471. The van der Waals surface area contributed by atoms with E-state index in [1.54, 1.807) is 7.11 Å². The number of nitrogens with zero attached hydrogens (tertiary/aromatic N) is 1. The summed E-state index contributed by atoms with van der Waals surface area (Å²) >= 11 is 5.99. The van der Waals surface area contributed by atoms with Crippen LogP contribution >= 0.6 is 11.6 Å². The van der Waals surface area contributed by atoms with Gasteiger partial charge in [-0.1, -0.05) is 18.2 Å². The highest BCUT2D eigenvalue weighted by Gasteiger charge is 2.24. The van der Waals surface area contributed by atoms with Crippen molar-refractivity contribution in [3.05, 3.63) is 36.0 Å². The van der Waals surface area contributed by atoms with E-state index in [1.165, 1.54) is 0 Å². The Bertz CT molecular complexity index is 617. The molecule has 2 unspecified atom stereocenters. The molecule has 3 nitrogen and oxygen atoms in total. The minimum absolute atomic E-state index is 0.182. The van der Waals surface area contributed by atoms with Crippen LogP contribution in [0.1, 0.15) is 31.2 Å². The number of pyridine rings is 1. The molecule has 4 heteroatoms. The molecule has 0 bridgehead atoms. The molecule has 2 aromatic rings. The van der Waals surface area contributed by atoms with E-state index >= 15 is 0 Å². The first-order valence-electron chi connectivity index (χ1n) is 7.44. The first kappa shape index (κ1) is 14.6. The van der Waals surface area contributed by atoms with Gasteiger partial charge in [0, 0.05) is 31.0 Å². The van der Waals surface area contributed by atoms with Crippen LogP contribution in [0.4, 0.5) is 0 Å². The second-order valence-electron chi connectivity index (χ2n) is 5.53. The molecule has 21 heavy (non-hydrogen) atoms. The Kier molecular flexibility index (Phi) is 4.61. The molecule has 0 radical (unpaired) electrons. The highest BCUT2D eigenvalue weighted by molar-refractivity contribution is 6.18. The molecule has 0 N–H and O–H groups in total. The first-order chi connectivity index (χ1) is 10.3. The summed E-state index contributed by atoms with van der Waals surface area (Å²) in [6.07, 6.45) is 6.56. The predicted octanol–water partition coefficient (Wildman–Crippen LogP) is 4.31. The average molecular weight is 306 g/mol. The van der Waals surface area contributed by atoms with Gasteiger partial charge in [-0.05, 0) is 36.3 Å². The molecule has 1 heterocycles. The van der Waals surface area contributed by atoms with Gasteiger partial charge in [-0.2, -0.15) is 0 Å². The van der Waals surface area contributed by atoms with Crippen LogP contribution in [0.3, 0.4) is 0 Å². The minimum atomic E-state index is 0.182. The zero-order chi connectivity index (χ0) is 14.7. The van der Waals surface area contributed by atoms with Gasteiger partial charge in [0.15, 0.2) is 0 Å². The van der Waals surface area contributed by atoms with Gasteiger partial charge in [0.25, 0.3) is 0 Å². The molecule has 112 valence electrons. The molecule has 0 amide bonds. The Morgan fingerprint density at radius 1 is 1.19 bits per heavy atom. The van der Waals surface area contributed by atoms with Crippen LogP contribution in [0, 0.1) is 0 Å². The number of rotatable bonds is 4. The highest BCUT2D eigenvalue weighted by atomic mass is 35.5. The van der Waals surface area contributed by atoms with Gasteiger partial charge in [0.1, 0.15) is 6.10 Å². The van der Waals surface area contributed by atoms with E-state index in [0.717, 1.165) is 42.0 Å². The number of hydrogen-bond acceptors (Lipinski definition) is 3. The van der Waals surface area contributed by atoms with Gasteiger partial charge in [-0.25, -0.2) is 4.98 Å². The van der Waals surface area contributed by atoms with Crippen LogP contribution in [0.25, 0.3) is 10.8 Å². The Morgan fingerprint density at radius 3 is 2.71 bits per heavy atom. The fourth-order valence-electron chi connectivity index (χ4n) is 3.01. The lowest BCUT2D eigenvalue weighted by Crippen LogP contribution is -2.29. The average Bonchev–Trinajstić information content (AvgIpc) is 2.55. The molecule has 1 aromatic carbocycles. The first-order valence-corrected chi connectivity index (χ1v) is 7.97. The normalized spacial score (nSPS) is 22.4. The van der Waals surface area contributed by atoms with Crippen LogP contribution < -0.4 is 4.74 Å². The van der Waals surface area contributed by atoms with Crippen molar-refractivity contribution in [2.75, 3.05) is 7.11 Å². The van der Waals surface area contributed by atoms with E-state index in [4.69, 9.17) is 21.1 Å². The summed E-state index contributed by atoms with van der Waals surface area (Å²) in [4.78, 5) is 4.48. The molecule has 1 aliphatic rings. The van der Waals surface area contributed by atoms with Crippen LogP contribution in [0.15, 0.2) is 30.5 Å². The summed E-state index contributed by atoms with van der Waals surface area (Å²) in [5.41, 5.74) is 1.04. The van der Waals surface area contributed by atoms with Gasteiger partial charge in [-0.3, -0.25) is 0 Å². The number of alkyl halides is 1. The maximum Gasteiger partial charge on any atom is 0.221 e. The quantitative estimate of drug-likeness (QED) is 0.789. The van der Waals surface area contributed by atoms with E-state index in [2.05, 4.69) is 11.1 Å². The maximum absolute atomic E-state index is 6.17. The standard InChI is InChI=1S/C17H20ClNO2/c1-20-13-5-4-6-14(9-13)21-17-16-8-3-2-7-15(16)12(10-18)11-19-17/h2-3,7-8,11,13-14H,4-6,9-10H2,1H3. The van der Waals surface area contributed by atoms with Crippen molar-refractivity contribution in [2.45, 2.75) is 43.8 Å². The van der Waals surface area contributed by atoms with Gasteiger partial charge >= 0.3 is 0 Å². The topological polar surface area (TPSA) is 31.4 Å². The number of benzene rings is 1. The second-order valence-corrected chi connectivity index (χ2v) is 5.80. The van der Waals surface area contributed by atoms with Gasteiger partial charge in [-0.15, -0.1) is 11.6 Å². The predicted molar refractivity (Wildman–Crippen MR) is 85.0 cm³/mol. The number of hydrogen-bond donors (Lipinski definition) is 0. The molecular weight excluding hydrogens is 286 g/mol. The minimum Gasteiger partial charge on any atom is -0.474 e. The molecule has 0 aliphatic heterocycles. The number of methoxy groups -OCH3 is 1. The van der Waals surface area contributed by atoms with Gasteiger partial charge in [0.05, 0.1) is 6.10 Å². The lowest BCUT2D eigenvalue weighted by atomic mass is 9.95. The fourth-order valence-corrected chi connectivity index (χ4v) is 3.22. The molecule has 2 atom stereocenters. The number of ether oxygens (including phenoxy) is 2. The van der Waals surface area contributed by atoms with Crippen molar-refractivity contribution in [1.82, 2.24) is 4.98 Å². The SMILES string of the molecule is COC1CCCC(Oc2ncc(CCl)c3ccccc23)C1. The van der Waals surface area contributed by atoms with Crippen molar-refractivity contribution in [1.29, 1.82) is 0 Å². The van der Waals surface area contributed by atoms with E-state index in [9.17, 15) is 0 Å². The Hall–Kier alpha value is -1.32. The summed E-state index contributed by atoms with van der Waals surface area (Å²) in [6.45, 7) is 0. The van der Waals surface area contributed by atoms with Crippen molar-refractivity contribution < 1.29 is 9.47 Å². The zero-order valence-corrected chi connectivity index (χ0v) is 13.0. The molecule has 1 aromatic heterocycles. The van der Waals surface area contributed by atoms with Crippen LogP contribution in [0.2, 0.25) is 0 Å². The molecule has 1 aliphatic carbocycles. The van der Waals surface area contributed by atoms with Crippen molar-refractivity contribution in [3.8, 4) is 5.88 Å². The van der Waals surface area contributed by atoms with Crippen LogP contribution in [0.5, 0.6) is 5.88 Å². The van der Waals surface area contributed by atoms with Crippen molar-refractivity contribution >= 4 is 22.4 Å². The Morgan fingerprint density at radius 2 is 1.95 bits per heavy atom. The monoisotopic (exact) mass is 305 g/mol. The summed E-state index contributed by atoms with van der Waals surface area (Å²) in [5.74, 6) is 1.17. The third-order valence-corrected chi connectivity index (χ3v) is 4.46. The molecule has 0 saturated heterocycles. The molecule has 1 fully saturated rings. The zero-order valence-electron chi connectivity index (χ0n) is 12.2. The Balaban J connectivity index is 1.87. The second kappa shape index (κ2) is 6.63. The number of aromatic nitrogens is 1. The van der Waals surface area contributed by atoms with Crippen LogP contribution in [-0.2, 0) is 10.6 Å². The Labute approximate surface area is 130 Å². The summed E-state index contributed by atoms with van der Waals surface area (Å²) in [6, 6.07) is 8.14. The lowest BCUT2D eigenvalue weighted by molar-refractivity contribution is 0.0200. The summed E-state index contributed by atoms with van der Waals surface area (Å²) in [5, 5.41) is 2.16. The smallest absolute Gasteiger partial charge is 0.221 e. The summed E-state index contributed by atoms with van der Waals surface area (Å²) < 4.78 is 11.6. The largest absolute Gasteiger partial charge is 0.474 e. The molecule has 0 spiro atoms. The van der Waals surface area contributed by atoms with E-state index < -0.39 is 0 Å². The molecule has 1 saturated carbocycles. The van der Waals surface area contributed by atoms with E-state index in [0.29, 0.717) is 17.9 Å². The maximum atomic E-state index is 6.17. The van der Waals surface area contributed by atoms with E-state index in [1.807, 2.05) is 24.4 Å². The number of fused-ring (bicyclic) bond motifs is 1. The van der Waals surface area contributed by atoms with Crippen LogP contribution in [-0.4, -0.2) is 24.3 Å². The third-order valence-electron chi connectivity index (χ3n) is 4.17. The molecular formula is C17H20ClNO2. The summed E-state index contributed by atoms with van der Waals surface area (Å²) in [7, 11) is 1.77. The van der Waals surface area contributed by atoms with Gasteiger partial charge < -0.3 is 9.47 Å². The third kappa shape index (κ3) is 3.14. The van der Waals surface area contributed by atoms with Gasteiger partial charge in [0.2, 0.25) is 5.88 Å². The molecule has 3 rings (SSSR count). The van der Waals surface area contributed by atoms with Crippen molar-refractivity contribution in [2.24, 2.45) is 0 Å². The van der Waals surface area contributed by atoms with Crippen molar-refractivity contribution in [3.63, 3.8) is 0 Å². The van der Waals surface area contributed by atoms with E-state index in [-0.39, 0.29) is 6.10 Å². The number of halogens is 1. The lowest BCUT2D eigenvalue weighted by Gasteiger charge is -2.28. The highest BCUT2D eigenvalue weighted by Crippen LogP contribution is 2.30.